The third-order valence-electron chi connectivity index (χ3n) is 4.61. The SMILES string of the molecule is O=[N+]([O-])c1ccc2nc(N3CCN(S(=O)(=O)c4ccc(F)c(F)c4)CC3)sc2c1. The zero-order chi connectivity index (χ0) is 20.8. The van der Waals surface area contributed by atoms with Crippen LogP contribution >= 0.6 is 11.3 Å². The number of piperazine rings is 1. The van der Waals surface area contributed by atoms with Crippen molar-refractivity contribution in [2.24, 2.45) is 0 Å². The van der Waals surface area contributed by atoms with Crippen molar-refractivity contribution in [1.82, 2.24) is 9.29 Å². The first kappa shape index (κ1) is 19.6. The summed E-state index contributed by atoms with van der Waals surface area (Å²) in [5.74, 6) is -2.32. The molecule has 2 heterocycles. The van der Waals surface area contributed by atoms with Crippen LogP contribution in [-0.4, -0.2) is 48.8 Å². The fourth-order valence-electron chi connectivity index (χ4n) is 3.06. The fraction of sp³-hybridized carbons (Fsp3) is 0.235. The molecule has 1 aliphatic heterocycles. The molecule has 0 amide bonds. The van der Waals surface area contributed by atoms with Crippen LogP contribution in [0.25, 0.3) is 10.2 Å². The quantitative estimate of drug-likeness (QED) is 0.457. The maximum Gasteiger partial charge on any atom is 0.270 e. The minimum Gasteiger partial charge on any atom is -0.345 e. The molecule has 0 aliphatic carbocycles. The van der Waals surface area contributed by atoms with Gasteiger partial charge < -0.3 is 4.90 Å². The first-order valence-corrected chi connectivity index (χ1v) is 10.8. The summed E-state index contributed by atoms with van der Waals surface area (Å²) in [6.45, 7) is 1.00. The molecule has 3 aromatic rings. The smallest absolute Gasteiger partial charge is 0.270 e. The van der Waals surface area contributed by atoms with E-state index < -0.39 is 26.6 Å². The summed E-state index contributed by atoms with van der Waals surface area (Å²) in [4.78, 5) is 16.5. The standard InChI is InChI=1S/C17H14F2N4O4S2/c18-13-3-2-12(10-14(13)19)29(26,27)22-7-5-21(6-8-22)17-20-15-4-1-11(23(24)25)9-16(15)28-17/h1-4,9-10H,5-8H2. The molecule has 29 heavy (non-hydrogen) atoms. The van der Waals surface area contributed by atoms with Gasteiger partial charge in [-0.25, -0.2) is 22.2 Å². The number of nitro groups is 1. The molecular weight excluding hydrogens is 426 g/mol. The van der Waals surface area contributed by atoms with E-state index in [0.29, 0.717) is 34.5 Å². The summed E-state index contributed by atoms with van der Waals surface area (Å²) >= 11 is 1.30. The van der Waals surface area contributed by atoms with Crippen LogP contribution in [0.2, 0.25) is 0 Å². The van der Waals surface area contributed by atoms with E-state index in [-0.39, 0.29) is 23.7 Å². The van der Waals surface area contributed by atoms with E-state index in [0.717, 1.165) is 12.1 Å². The molecule has 0 unspecified atom stereocenters. The van der Waals surface area contributed by atoms with Gasteiger partial charge in [0, 0.05) is 38.3 Å². The van der Waals surface area contributed by atoms with E-state index in [4.69, 9.17) is 0 Å². The molecule has 1 aromatic heterocycles. The van der Waals surface area contributed by atoms with Gasteiger partial charge in [0.1, 0.15) is 0 Å². The van der Waals surface area contributed by atoms with Gasteiger partial charge in [0.05, 0.1) is 20.0 Å². The van der Waals surface area contributed by atoms with Crippen molar-refractivity contribution in [2.75, 3.05) is 31.1 Å². The molecule has 1 aliphatic rings. The lowest BCUT2D eigenvalue weighted by molar-refractivity contribution is -0.384. The van der Waals surface area contributed by atoms with E-state index in [1.54, 1.807) is 6.07 Å². The molecule has 0 bridgehead atoms. The number of nitrogens with zero attached hydrogens (tertiary/aromatic N) is 4. The molecule has 0 radical (unpaired) electrons. The largest absolute Gasteiger partial charge is 0.345 e. The first-order chi connectivity index (χ1) is 13.8. The van der Waals surface area contributed by atoms with Crippen LogP contribution in [0.15, 0.2) is 41.3 Å². The number of non-ortho nitro benzene ring substituents is 1. The number of hydrogen-bond acceptors (Lipinski definition) is 7. The summed E-state index contributed by atoms with van der Waals surface area (Å²) in [6, 6.07) is 6.94. The predicted molar refractivity (Wildman–Crippen MR) is 104 cm³/mol. The van der Waals surface area contributed by atoms with Gasteiger partial charge in [-0.15, -0.1) is 0 Å². The number of aromatic nitrogens is 1. The van der Waals surface area contributed by atoms with Crippen LogP contribution in [0.3, 0.4) is 0 Å². The highest BCUT2D eigenvalue weighted by atomic mass is 32.2. The highest BCUT2D eigenvalue weighted by Gasteiger charge is 2.30. The van der Waals surface area contributed by atoms with E-state index in [1.165, 1.54) is 27.8 Å². The van der Waals surface area contributed by atoms with Crippen LogP contribution < -0.4 is 4.90 Å². The number of anilines is 1. The first-order valence-electron chi connectivity index (χ1n) is 8.51. The van der Waals surface area contributed by atoms with Crippen molar-refractivity contribution in [2.45, 2.75) is 4.90 Å². The highest BCUT2D eigenvalue weighted by Crippen LogP contribution is 2.32. The van der Waals surface area contributed by atoms with Crippen LogP contribution in [0.1, 0.15) is 0 Å². The molecule has 1 fully saturated rings. The maximum atomic E-state index is 13.4. The number of benzene rings is 2. The minimum atomic E-state index is -3.94. The number of fused-ring (bicyclic) bond motifs is 1. The average molecular weight is 440 g/mol. The summed E-state index contributed by atoms with van der Waals surface area (Å²) < 4.78 is 53.8. The summed E-state index contributed by atoms with van der Waals surface area (Å²) in [5, 5.41) is 11.6. The number of nitro benzene ring substituents is 1. The molecule has 0 atom stereocenters. The summed E-state index contributed by atoms with van der Waals surface area (Å²) in [5.41, 5.74) is 0.614. The Bertz CT molecular complexity index is 1210. The van der Waals surface area contributed by atoms with Gasteiger partial charge in [0.25, 0.3) is 5.69 Å². The van der Waals surface area contributed by atoms with Gasteiger partial charge in [0.15, 0.2) is 16.8 Å². The maximum absolute atomic E-state index is 13.4. The Kier molecular flexibility index (Phi) is 4.92. The monoisotopic (exact) mass is 440 g/mol. The van der Waals surface area contributed by atoms with Crippen molar-refractivity contribution >= 4 is 42.4 Å². The van der Waals surface area contributed by atoms with Crippen LogP contribution in [-0.2, 0) is 10.0 Å². The van der Waals surface area contributed by atoms with Gasteiger partial charge in [-0.2, -0.15) is 4.31 Å². The van der Waals surface area contributed by atoms with Crippen molar-refractivity contribution < 1.29 is 22.1 Å². The second-order valence-corrected chi connectivity index (χ2v) is 9.32. The second-order valence-electron chi connectivity index (χ2n) is 6.37. The average Bonchev–Trinajstić information content (AvgIpc) is 3.13. The van der Waals surface area contributed by atoms with Crippen molar-refractivity contribution in [1.29, 1.82) is 0 Å². The molecule has 2 aromatic carbocycles. The Morgan fingerprint density at radius 1 is 1.03 bits per heavy atom. The Labute approximate surface area is 168 Å². The van der Waals surface area contributed by atoms with E-state index in [9.17, 15) is 27.3 Å². The number of halogens is 2. The third-order valence-corrected chi connectivity index (χ3v) is 7.58. The lowest BCUT2D eigenvalue weighted by Crippen LogP contribution is -2.48. The van der Waals surface area contributed by atoms with Crippen molar-refractivity contribution in [3.63, 3.8) is 0 Å². The molecule has 0 spiro atoms. The van der Waals surface area contributed by atoms with E-state index in [2.05, 4.69) is 4.98 Å². The third kappa shape index (κ3) is 3.66. The van der Waals surface area contributed by atoms with Gasteiger partial charge >= 0.3 is 0 Å². The van der Waals surface area contributed by atoms with Crippen molar-refractivity contribution in [3.8, 4) is 0 Å². The van der Waals surface area contributed by atoms with Crippen LogP contribution in [0.4, 0.5) is 19.6 Å². The Balaban J connectivity index is 1.51. The Morgan fingerprint density at radius 2 is 1.76 bits per heavy atom. The normalized spacial score (nSPS) is 15.7. The Hall–Kier alpha value is -2.70. The van der Waals surface area contributed by atoms with E-state index >= 15 is 0 Å². The zero-order valence-electron chi connectivity index (χ0n) is 14.8. The van der Waals surface area contributed by atoms with Crippen molar-refractivity contribution in [3.05, 3.63) is 58.1 Å². The highest BCUT2D eigenvalue weighted by molar-refractivity contribution is 7.89. The van der Waals surface area contributed by atoms with Crippen LogP contribution in [0, 0.1) is 21.7 Å². The predicted octanol–water partition coefficient (Wildman–Crippen LogP) is 2.99. The number of thiazole rings is 1. The molecular formula is C17H14F2N4O4S2. The van der Waals surface area contributed by atoms with Gasteiger partial charge in [-0.3, -0.25) is 10.1 Å². The molecule has 1 saturated heterocycles. The molecule has 8 nitrogen and oxygen atoms in total. The topological polar surface area (TPSA) is 96.7 Å². The minimum absolute atomic E-state index is 0.0184. The van der Waals surface area contributed by atoms with Gasteiger partial charge in [-0.05, 0) is 24.3 Å². The summed E-state index contributed by atoms with van der Waals surface area (Å²) in [7, 11) is -3.94. The van der Waals surface area contributed by atoms with E-state index in [1.807, 2.05) is 4.90 Å². The fourth-order valence-corrected chi connectivity index (χ4v) is 5.54. The van der Waals surface area contributed by atoms with Gasteiger partial charge in [0.2, 0.25) is 10.0 Å². The summed E-state index contributed by atoms with van der Waals surface area (Å²) in [6.07, 6.45) is 0. The molecule has 152 valence electrons. The molecule has 0 saturated carbocycles. The lowest BCUT2D eigenvalue weighted by Gasteiger charge is -2.33. The van der Waals surface area contributed by atoms with Crippen LogP contribution in [0.5, 0.6) is 0 Å². The van der Waals surface area contributed by atoms with Gasteiger partial charge in [-0.1, -0.05) is 11.3 Å². The second kappa shape index (κ2) is 7.28. The molecule has 0 N–H and O–H groups in total. The number of sulfonamides is 1. The molecule has 4 rings (SSSR count). The number of rotatable bonds is 4. The zero-order valence-corrected chi connectivity index (χ0v) is 16.4. The molecule has 12 heteroatoms. The number of hydrogen-bond donors (Lipinski definition) is 0. The lowest BCUT2D eigenvalue weighted by atomic mass is 10.3. The Morgan fingerprint density at radius 3 is 2.41 bits per heavy atom.